The Hall–Kier alpha value is -1.54. The summed E-state index contributed by atoms with van der Waals surface area (Å²) in [5, 5.41) is 14.4. The summed E-state index contributed by atoms with van der Waals surface area (Å²) in [6.07, 6.45) is 8.39. The Kier molecular flexibility index (Phi) is 10.4. The van der Waals surface area contributed by atoms with E-state index in [1.54, 1.807) is 11.8 Å². The summed E-state index contributed by atoms with van der Waals surface area (Å²) in [6, 6.07) is 4.36. The third-order valence-corrected chi connectivity index (χ3v) is 5.69. The number of nitrogens with one attached hydrogen (secondary N) is 1. The van der Waals surface area contributed by atoms with Crippen molar-refractivity contribution in [3.05, 3.63) is 33.8 Å². The van der Waals surface area contributed by atoms with Gasteiger partial charge in [0.1, 0.15) is 11.5 Å². The molecule has 1 aromatic heterocycles. The van der Waals surface area contributed by atoms with Gasteiger partial charge in [0.2, 0.25) is 0 Å². The number of hydrogen-bond acceptors (Lipinski definition) is 6. The maximum absolute atomic E-state index is 11.0. The van der Waals surface area contributed by atoms with Gasteiger partial charge in [-0.2, -0.15) is 11.8 Å². The van der Waals surface area contributed by atoms with Gasteiger partial charge in [0.05, 0.1) is 18.8 Å². The van der Waals surface area contributed by atoms with Crippen LogP contribution >= 0.6 is 11.8 Å². The van der Waals surface area contributed by atoms with Crippen LogP contribution in [0.1, 0.15) is 56.5 Å². The lowest BCUT2D eigenvalue weighted by atomic mass is 9.97. The highest BCUT2D eigenvalue weighted by molar-refractivity contribution is 7.98. The van der Waals surface area contributed by atoms with Crippen LogP contribution in [0.5, 0.6) is 0 Å². The Labute approximate surface area is 172 Å². The van der Waals surface area contributed by atoms with E-state index in [9.17, 15) is 10.1 Å². The lowest BCUT2D eigenvalue weighted by Crippen LogP contribution is -2.39. The van der Waals surface area contributed by atoms with Crippen molar-refractivity contribution in [1.82, 2.24) is 10.2 Å². The fourth-order valence-corrected chi connectivity index (χ4v) is 4.14. The molecule has 0 aliphatic heterocycles. The quantitative estimate of drug-likeness (QED) is 0.207. The zero-order valence-electron chi connectivity index (χ0n) is 17.2. The van der Waals surface area contributed by atoms with Gasteiger partial charge < -0.3 is 14.6 Å². The molecule has 1 heterocycles. The van der Waals surface area contributed by atoms with Gasteiger partial charge in [-0.25, -0.2) is 0 Å². The van der Waals surface area contributed by atoms with Crippen LogP contribution < -0.4 is 5.32 Å². The molecule has 0 unspecified atom stereocenters. The molecule has 0 spiro atoms. The third-order valence-electron chi connectivity index (χ3n) is 4.73. The first kappa shape index (κ1) is 22.7. The van der Waals surface area contributed by atoms with Crippen molar-refractivity contribution in [2.24, 2.45) is 4.99 Å². The first-order chi connectivity index (χ1) is 13.5. The molecule has 28 heavy (non-hydrogen) atoms. The van der Waals surface area contributed by atoms with Gasteiger partial charge in [0.15, 0.2) is 5.84 Å². The molecule has 2 rings (SSSR count). The molecular formula is C20H34N4O3S. The Morgan fingerprint density at radius 3 is 2.61 bits per heavy atom. The molecule has 1 saturated carbocycles. The summed E-state index contributed by atoms with van der Waals surface area (Å²) in [5.41, 5.74) is 0. The molecule has 0 aromatic carbocycles. The molecule has 0 amide bonds. The van der Waals surface area contributed by atoms with Crippen LogP contribution in [0.2, 0.25) is 0 Å². The maximum atomic E-state index is 11.0. The van der Waals surface area contributed by atoms with E-state index in [0.717, 1.165) is 42.4 Å². The number of nitrogens with zero attached hydrogens (tertiary/aromatic N) is 3. The minimum Gasteiger partial charge on any atom is -0.464 e. The third kappa shape index (κ3) is 9.59. The number of thioether (sulfide) groups is 1. The van der Waals surface area contributed by atoms with Gasteiger partial charge in [0, 0.05) is 16.7 Å². The molecular weight excluding hydrogens is 376 g/mol. The summed E-state index contributed by atoms with van der Waals surface area (Å²) in [4.78, 5) is 17.3. The summed E-state index contributed by atoms with van der Waals surface area (Å²) in [5.74, 6) is 4.07. The topological polar surface area (TPSA) is 83.9 Å². The molecule has 1 fully saturated rings. The molecule has 0 radical (unpaired) electrons. The van der Waals surface area contributed by atoms with Crippen molar-refractivity contribution >= 4 is 17.6 Å². The molecule has 158 valence electrons. The fraction of sp³-hybridized carbons (Fsp3) is 0.750. The van der Waals surface area contributed by atoms with E-state index in [0.29, 0.717) is 18.4 Å². The predicted molar refractivity (Wildman–Crippen MR) is 116 cm³/mol. The normalized spacial score (nSPS) is 16.8. The second-order valence-electron chi connectivity index (χ2n) is 7.66. The van der Waals surface area contributed by atoms with Gasteiger partial charge in [0.25, 0.3) is 6.54 Å². The minimum absolute atomic E-state index is 0.215. The Bertz CT molecular complexity index is 610. The van der Waals surface area contributed by atoms with Crippen LogP contribution in [-0.2, 0) is 12.3 Å². The van der Waals surface area contributed by atoms with Crippen LogP contribution in [0.25, 0.3) is 0 Å². The van der Waals surface area contributed by atoms with Gasteiger partial charge in [-0.1, -0.05) is 32.1 Å². The summed E-state index contributed by atoms with van der Waals surface area (Å²) < 4.78 is 5.80. The van der Waals surface area contributed by atoms with Crippen molar-refractivity contribution in [3.8, 4) is 0 Å². The maximum Gasteiger partial charge on any atom is 0.259 e. The van der Waals surface area contributed by atoms with Gasteiger partial charge in [-0.15, -0.1) is 0 Å². The highest BCUT2D eigenvalue weighted by Crippen LogP contribution is 2.18. The Balaban J connectivity index is 1.75. The number of hydrogen-bond donors (Lipinski definition) is 1. The molecule has 0 bridgehead atoms. The number of furan rings is 1. The standard InChI is InChI=1S/C20H34N4O3S/c1-23(2)14-18-10-11-19(27-18)16-28-13-12-21-20(15-24(25)26)22-17-8-6-4-3-5-7-9-17/h10-11,17H,3-9,12-16H2,1-2H3,(H,21,22). The van der Waals surface area contributed by atoms with Crippen molar-refractivity contribution in [2.75, 3.05) is 32.9 Å². The zero-order valence-corrected chi connectivity index (χ0v) is 18.0. The van der Waals surface area contributed by atoms with Gasteiger partial charge in [-0.3, -0.25) is 15.1 Å². The first-order valence-electron chi connectivity index (χ1n) is 10.2. The zero-order chi connectivity index (χ0) is 20.2. The van der Waals surface area contributed by atoms with Crippen molar-refractivity contribution < 1.29 is 9.34 Å². The van der Waals surface area contributed by atoms with E-state index in [4.69, 9.17) is 4.42 Å². The predicted octanol–water partition coefficient (Wildman–Crippen LogP) is 3.95. The average molecular weight is 411 g/mol. The molecule has 1 N–H and O–H groups in total. The van der Waals surface area contributed by atoms with E-state index >= 15 is 0 Å². The molecule has 7 nitrogen and oxygen atoms in total. The van der Waals surface area contributed by atoms with Crippen molar-refractivity contribution in [3.63, 3.8) is 0 Å². The SMILES string of the molecule is CN(C)Cc1ccc(CSCCN=C(C[N+](=O)[O-])NC2CCCCCCC2)o1. The Morgan fingerprint density at radius 2 is 1.93 bits per heavy atom. The largest absolute Gasteiger partial charge is 0.464 e. The lowest BCUT2D eigenvalue weighted by Gasteiger charge is -2.21. The average Bonchev–Trinajstić information content (AvgIpc) is 3.02. The lowest BCUT2D eigenvalue weighted by molar-refractivity contribution is -0.463. The molecule has 1 aliphatic carbocycles. The molecule has 1 aliphatic rings. The molecule has 0 saturated heterocycles. The molecule has 0 atom stereocenters. The van der Waals surface area contributed by atoms with E-state index in [2.05, 4.69) is 15.2 Å². The van der Waals surface area contributed by atoms with Crippen LogP contribution in [0.3, 0.4) is 0 Å². The highest BCUT2D eigenvalue weighted by atomic mass is 32.2. The van der Waals surface area contributed by atoms with Crippen LogP contribution in [0.4, 0.5) is 0 Å². The number of aliphatic imine (C=N–C) groups is 1. The highest BCUT2D eigenvalue weighted by Gasteiger charge is 2.15. The Morgan fingerprint density at radius 1 is 1.25 bits per heavy atom. The van der Waals surface area contributed by atoms with E-state index in [1.807, 2.05) is 26.2 Å². The van der Waals surface area contributed by atoms with Gasteiger partial charge in [-0.05, 0) is 39.1 Å². The number of rotatable bonds is 10. The van der Waals surface area contributed by atoms with Crippen LogP contribution in [-0.4, -0.2) is 54.6 Å². The minimum atomic E-state index is -0.295. The number of nitro groups is 1. The van der Waals surface area contributed by atoms with Crippen LogP contribution in [0, 0.1) is 10.1 Å². The van der Waals surface area contributed by atoms with E-state index in [-0.39, 0.29) is 11.5 Å². The summed E-state index contributed by atoms with van der Waals surface area (Å²) in [7, 11) is 4.03. The van der Waals surface area contributed by atoms with Crippen molar-refractivity contribution in [2.45, 2.75) is 63.3 Å². The van der Waals surface area contributed by atoms with Gasteiger partial charge >= 0.3 is 0 Å². The second kappa shape index (κ2) is 12.8. The van der Waals surface area contributed by atoms with E-state index < -0.39 is 0 Å². The van der Waals surface area contributed by atoms with Crippen molar-refractivity contribution in [1.29, 1.82) is 0 Å². The number of amidine groups is 1. The summed E-state index contributed by atoms with van der Waals surface area (Å²) >= 11 is 1.74. The smallest absolute Gasteiger partial charge is 0.259 e. The summed E-state index contributed by atoms with van der Waals surface area (Å²) in [6.45, 7) is 1.16. The molecule has 8 heteroatoms. The van der Waals surface area contributed by atoms with E-state index in [1.165, 1.54) is 32.1 Å². The monoisotopic (exact) mass is 410 g/mol. The molecule has 1 aromatic rings. The van der Waals surface area contributed by atoms with Crippen LogP contribution in [0.15, 0.2) is 21.5 Å². The fourth-order valence-electron chi connectivity index (χ4n) is 3.41. The first-order valence-corrected chi connectivity index (χ1v) is 11.4. The second-order valence-corrected chi connectivity index (χ2v) is 8.77.